The molecule has 0 unspecified atom stereocenters. The van der Waals surface area contributed by atoms with Gasteiger partial charge in [0.2, 0.25) is 5.91 Å². The normalized spacial score (nSPS) is 29.9. The molecule has 0 bridgehead atoms. The van der Waals surface area contributed by atoms with Crippen molar-refractivity contribution >= 4 is 11.9 Å². The van der Waals surface area contributed by atoms with Crippen molar-refractivity contribution in [2.45, 2.75) is 50.4 Å². The molecule has 110 valence electrons. The maximum absolute atomic E-state index is 10.9. The summed E-state index contributed by atoms with van der Waals surface area (Å²) in [5, 5.41) is 10.4. The van der Waals surface area contributed by atoms with Gasteiger partial charge in [0.15, 0.2) is 0 Å². The number of amides is 1. The Labute approximate surface area is 108 Å². The Morgan fingerprint density at radius 1 is 1.21 bits per heavy atom. The first-order valence-electron chi connectivity index (χ1n) is 6.07. The number of primary amides is 1. The van der Waals surface area contributed by atoms with Crippen molar-refractivity contribution in [3.05, 3.63) is 0 Å². The molecule has 8 heteroatoms. The highest BCUT2D eigenvalue weighted by Gasteiger charge is 2.38. The van der Waals surface area contributed by atoms with Gasteiger partial charge in [0, 0.05) is 6.04 Å². The van der Waals surface area contributed by atoms with Crippen LogP contribution in [-0.4, -0.2) is 35.2 Å². The highest BCUT2D eigenvalue weighted by molar-refractivity contribution is 5.80. The molecule has 5 nitrogen and oxygen atoms in total. The van der Waals surface area contributed by atoms with Crippen molar-refractivity contribution in [2.75, 3.05) is 0 Å². The van der Waals surface area contributed by atoms with E-state index in [2.05, 4.69) is 5.32 Å². The predicted octanol–water partition coefficient (Wildman–Crippen LogP) is 1.03. The first kappa shape index (κ1) is 15.7. The molecule has 1 amide bonds. The Morgan fingerprint density at radius 2 is 1.74 bits per heavy atom. The van der Waals surface area contributed by atoms with Gasteiger partial charge in [-0.2, -0.15) is 13.2 Å². The van der Waals surface area contributed by atoms with Crippen molar-refractivity contribution in [3.63, 3.8) is 0 Å². The van der Waals surface area contributed by atoms with Gasteiger partial charge in [-0.15, -0.1) is 0 Å². The molecule has 1 aliphatic heterocycles. The second-order valence-corrected chi connectivity index (χ2v) is 4.81. The van der Waals surface area contributed by atoms with Gasteiger partial charge in [-0.3, -0.25) is 4.79 Å². The number of alkyl halides is 3. The fraction of sp³-hybridized carbons (Fsp3) is 0.818. The summed E-state index contributed by atoms with van der Waals surface area (Å²) in [5.41, 5.74) is 5.25. The number of halogens is 3. The van der Waals surface area contributed by atoms with Crippen LogP contribution >= 0.6 is 0 Å². The average molecular weight is 282 g/mol. The van der Waals surface area contributed by atoms with E-state index in [4.69, 9.17) is 15.6 Å². The molecule has 2 aliphatic rings. The molecule has 0 aromatic heterocycles. The summed E-state index contributed by atoms with van der Waals surface area (Å²) in [6.45, 7) is 0. The van der Waals surface area contributed by atoms with Gasteiger partial charge in [0.25, 0.3) is 0 Å². The topological polar surface area (TPSA) is 92.4 Å². The molecule has 2 rings (SSSR count). The second kappa shape index (κ2) is 6.23. The number of nitrogens with one attached hydrogen (secondary N) is 1. The molecule has 1 aliphatic carbocycles. The first-order chi connectivity index (χ1) is 8.71. The SMILES string of the molecule is NC(=O)[C@@H]1C[C@@H]2CCCC[C@@H]2N1.O=C(O)C(F)(F)F. The number of carboxylic acids is 1. The summed E-state index contributed by atoms with van der Waals surface area (Å²) >= 11 is 0. The minimum atomic E-state index is -5.08. The zero-order valence-corrected chi connectivity index (χ0v) is 10.2. The predicted molar refractivity (Wildman–Crippen MR) is 60.2 cm³/mol. The molecule has 0 aromatic carbocycles. The van der Waals surface area contributed by atoms with Gasteiger partial charge < -0.3 is 16.2 Å². The van der Waals surface area contributed by atoms with E-state index in [1.165, 1.54) is 25.7 Å². The number of hydrogen-bond donors (Lipinski definition) is 3. The largest absolute Gasteiger partial charge is 0.490 e. The molecule has 0 spiro atoms. The van der Waals surface area contributed by atoms with Gasteiger partial charge in [-0.1, -0.05) is 12.8 Å². The Hall–Kier alpha value is -1.31. The molecule has 0 aromatic rings. The zero-order valence-electron chi connectivity index (χ0n) is 10.2. The lowest BCUT2D eigenvalue weighted by Gasteiger charge is -2.24. The molecular formula is C11H17F3N2O3. The number of hydrogen-bond acceptors (Lipinski definition) is 3. The van der Waals surface area contributed by atoms with Gasteiger partial charge in [-0.05, 0) is 25.2 Å². The number of carbonyl (C=O) groups excluding carboxylic acids is 1. The van der Waals surface area contributed by atoms with E-state index in [1.54, 1.807) is 0 Å². The fourth-order valence-corrected chi connectivity index (χ4v) is 2.54. The Bertz CT molecular complexity index is 333. The van der Waals surface area contributed by atoms with Gasteiger partial charge in [0.1, 0.15) is 0 Å². The van der Waals surface area contributed by atoms with Gasteiger partial charge >= 0.3 is 12.1 Å². The van der Waals surface area contributed by atoms with E-state index in [0.29, 0.717) is 6.04 Å². The molecule has 2 fully saturated rings. The van der Waals surface area contributed by atoms with Crippen molar-refractivity contribution in [2.24, 2.45) is 11.7 Å². The maximum atomic E-state index is 10.9. The standard InChI is InChI=1S/C9H16N2O.C2HF3O2/c10-9(12)8-5-6-3-1-2-4-7(6)11-8;3-2(4,5)1(6)7/h6-8,11H,1-5H2,(H2,10,12);(H,6,7)/t6-,7-,8-;/m0./s1. The maximum Gasteiger partial charge on any atom is 0.490 e. The lowest BCUT2D eigenvalue weighted by atomic mass is 9.85. The van der Waals surface area contributed by atoms with E-state index in [9.17, 15) is 18.0 Å². The number of rotatable bonds is 1. The summed E-state index contributed by atoms with van der Waals surface area (Å²) in [6, 6.07) is 0.536. The lowest BCUT2D eigenvalue weighted by Crippen LogP contribution is -2.40. The molecule has 4 N–H and O–H groups in total. The summed E-state index contributed by atoms with van der Waals surface area (Å²) < 4.78 is 31.7. The van der Waals surface area contributed by atoms with E-state index < -0.39 is 12.1 Å². The minimum absolute atomic E-state index is 0.0434. The van der Waals surface area contributed by atoms with Crippen LogP contribution in [-0.2, 0) is 9.59 Å². The summed E-state index contributed by atoms with van der Waals surface area (Å²) in [6.07, 6.45) is 1.03. The molecule has 1 heterocycles. The van der Waals surface area contributed by atoms with Crippen LogP contribution in [0.25, 0.3) is 0 Å². The van der Waals surface area contributed by atoms with Crippen LogP contribution in [0.1, 0.15) is 32.1 Å². The van der Waals surface area contributed by atoms with E-state index in [0.717, 1.165) is 12.3 Å². The highest BCUT2D eigenvalue weighted by Crippen LogP contribution is 2.32. The number of nitrogens with two attached hydrogens (primary N) is 1. The average Bonchev–Trinajstić information content (AvgIpc) is 2.72. The third kappa shape index (κ3) is 4.70. The molecule has 3 atom stereocenters. The molecule has 19 heavy (non-hydrogen) atoms. The Kier molecular flexibility index (Phi) is 5.16. The number of carbonyl (C=O) groups is 2. The summed E-state index contributed by atoms with van der Waals surface area (Å²) in [7, 11) is 0. The van der Waals surface area contributed by atoms with Crippen LogP contribution in [0.2, 0.25) is 0 Å². The monoisotopic (exact) mass is 282 g/mol. The third-order valence-corrected chi connectivity index (χ3v) is 3.45. The van der Waals surface area contributed by atoms with Gasteiger partial charge in [0.05, 0.1) is 6.04 Å². The third-order valence-electron chi connectivity index (χ3n) is 3.45. The number of fused-ring (bicyclic) bond motifs is 1. The van der Waals surface area contributed by atoms with Crippen molar-refractivity contribution in [1.29, 1.82) is 0 Å². The molecule has 1 saturated carbocycles. The molecule has 0 radical (unpaired) electrons. The van der Waals surface area contributed by atoms with E-state index in [1.807, 2.05) is 0 Å². The van der Waals surface area contributed by atoms with Crippen molar-refractivity contribution in [3.8, 4) is 0 Å². The summed E-state index contributed by atoms with van der Waals surface area (Å²) in [4.78, 5) is 19.8. The zero-order chi connectivity index (χ0) is 14.6. The van der Waals surface area contributed by atoms with Crippen LogP contribution in [0.15, 0.2) is 0 Å². The Balaban J connectivity index is 0.000000224. The minimum Gasteiger partial charge on any atom is -0.475 e. The number of carboxylic acid groups (broad SMARTS) is 1. The van der Waals surface area contributed by atoms with Crippen LogP contribution in [0.4, 0.5) is 13.2 Å². The number of aliphatic carboxylic acids is 1. The van der Waals surface area contributed by atoms with E-state index >= 15 is 0 Å². The van der Waals surface area contributed by atoms with Crippen LogP contribution < -0.4 is 11.1 Å². The molecule has 1 saturated heterocycles. The van der Waals surface area contributed by atoms with Gasteiger partial charge in [-0.25, -0.2) is 4.79 Å². The van der Waals surface area contributed by atoms with Crippen LogP contribution in [0.5, 0.6) is 0 Å². The molecular weight excluding hydrogens is 265 g/mol. The highest BCUT2D eigenvalue weighted by atomic mass is 19.4. The van der Waals surface area contributed by atoms with Crippen molar-refractivity contribution < 1.29 is 27.9 Å². The first-order valence-corrected chi connectivity index (χ1v) is 6.07. The van der Waals surface area contributed by atoms with E-state index in [-0.39, 0.29) is 11.9 Å². The Morgan fingerprint density at radius 3 is 2.16 bits per heavy atom. The summed E-state index contributed by atoms with van der Waals surface area (Å²) in [5.74, 6) is -2.21. The quantitative estimate of drug-likeness (QED) is 0.669. The smallest absolute Gasteiger partial charge is 0.475 e. The fourth-order valence-electron chi connectivity index (χ4n) is 2.54. The van der Waals surface area contributed by atoms with Crippen LogP contribution in [0, 0.1) is 5.92 Å². The lowest BCUT2D eigenvalue weighted by molar-refractivity contribution is -0.192. The second-order valence-electron chi connectivity index (χ2n) is 4.81. The van der Waals surface area contributed by atoms with Crippen LogP contribution in [0.3, 0.4) is 0 Å². The van der Waals surface area contributed by atoms with Crippen molar-refractivity contribution in [1.82, 2.24) is 5.32 Å².